The van der Waals surface area contributed by atoms with Gasteiger partial charge in [0.2, 0.25) is 0 Å². The average Bonchev–Trinajstić information content (AvgIpc) is 2.56. The molecular weight excluding hydrogens is 267 g/mol. The molecule has 0 saturated carbocycles. The van der Waals surface area contributed by atoms with E-state index in [-0.39, 0.29) is 0 Å². The molecule has 0 aromatic carbocycles. The monoisotopic (exact) mass is 280 g/mol. The Morgan fingerprint density at radius 2 is 2.43 bits per heavy atom. The lowest BCUT2D eigenvalue weighted by Gasteiger charge is -2.12. The lowest BCUT2D eigenvalue weighted by molar-refractivity contribution is 0.155. The van der Waals surface area contributed by atoms with E-state index in [2.05, 4.69) is 21.0 Å². The summed E-state index contributed by atoms with van der Waals surface area (Å²) < 4.78 is 2.66. The van der Waals surface area contributed by atoms with Crippen LogP contribution in [0.15, 0.2) is 10.7 Å². The Balaban J connectivity index is 2.76. The minimum absolute atomic E-state index is 0.481. The van der Waals surface area contributed by atoms with Gasteiger partial charge in [0.25, 0.3) is 0 Å². The number of rotatable bonds is 5. The van der Waals surface area contributed by atoms with Crippen molar-refractivity contribution in [1.82, 2.24) is 9.78 Å². The molecule has 1 aromatic heterocycles. The number of hydrogen-bond acceptors (Lipinski definition) is 2. The van der Waals surface area contributed by atoms with Crippen LogP contribution in [-0.4, -0.2) is 20.8 Å². The van der Waals surface area contributed by atoms with Gasteiger partial charge in [0.15, 0.2) is 0 Å². The van der Waals surface area contributed by atoms with Crippen molar-refractivity contribution >= 4 is 27.5 Å². The van der Waals surface area contributed by atoms with Crippen molar-refractivity contribution < 1.29 is 5.11 Å². The first kappa shape index (κ1) is 12.0. The number of hydrogen-bond donors (Lipinski definition) is 1. The highest BCUT2D eigenvalue weighted by Crippen LogP contribution is 2.26. The van der Waals surface area contributed by atoms with Gasteiger partial charge in [-0.25, -0.2) is 0 Å². The van der Waals surface area contributed by atoms with Crippen LogP contribution in [0.2, 0.25) is 0 Å². The molecule has 0 amide bonds. The smallest absolute Gasteiger partial charge is 0.0968 e. The molecular formula is C9H14BrClN2O. The maximum Gasteiger partial charge on any atom is 0.0968 e. The van der Waals surface area contributed by atoms with Crippen LogP contribution >= 0.6 is 27.5 Å². The van der Waals surface area contributed by atoms with E-state index in [0.717, 1.165) is 23.1 Å². The summed E-state index contributed by atoms with van der Waals surface area (Å²) in [6.45, 7) is 2.76. The quantitative estimate of drug-likeness (QED) is 0.843. The minimum Gasteiger partial charge on any atom is -0.387 e. The highest BCUT2D eigenvalue weighted by atomic mass is 79.9. The van der Waals surface area contributed by atoms with Gasteiger partial charge in [0.1, 0.15) is 0 Å². The molecule has 0 bridgehead atoms. The van der Waals surface area contributed by atoms with Gasteiger partial charge in [-0.2, -0.15) is 5.10 Å². The zero-order chi connectivity index (χ0) is 10.6. The molecule has 1 unspecified atom stereocenters. The van der Waals surface area contributed by atoms with Crippen molar-refractivity contribution in [3.63, 3.8) is 0 Å². The van der Waals surface area contributed by atoms with Gasteiger partial charge in [-0.3, -0.25) is 4.68 Å². The fraction of sp³-hybridized carbons (Fsp3) is 0.667. The van der Waals surface area contributed by atoms with Crippen molar-refractivity contribution in [1.29, 1.82) is 0 Å². The Morgan fingerprint density at radius 1 is 1.71 bits per heavy atom. The Labute approximate surface area is 97.2 Å². The normalized spacial score (nSPS) is 13.1. The third-order valence-electron chi connectivity index (χ3n) is 2.06. The maximum atomic E-state index is 9.88. The molecule has 0 aliphatic rings. The fourth-order valence-electron chi connectivity index (χ4n) is 1.36. The van der Waals surface area contributed by atoms with Gasteiger partial charge in [-0.1, -0.05) is 0 Å². The van der Waals surface area contributed by atoms with Crippen molar-refractivity contribution in [2.24, 2.45) is 0 Å². The summed E-state index contributed by atoms with van der Waals surface area (Å²) in [5.74, 6) is 0.578. The van der Waals surface area contributed by atoms with Crippen molar-refractivity contribution in [3.05, 3.63) is 16.4 Å². The van der Waals surface area contributed by atoms with Crippen LogP contribution in [0.3, 0.4) is 0 Å². The Kier molecular flexibility index (Phi) is 4.92. The zero-order valence-electron chi connectivity index (χ0n) is 8.08. The molecule has 0 radical (unpaired) electrons. The van der Waals surface area contributed by atoms with E-state index in [1.165, 1.54) is 0 Å². The second kappa shape index (κ2) is 5.73. The molecule has 0 spiro atoms. The van der Waals surface area contributed by atoms with Gasteiger partial charge in [-0.05, 0) is 35.7 Å². The Hall–Kier alpha value is -0.0600. The van der Waals surface area contributed by atoms with E-state index in [0.29, 0.717) is 12.3 Å². The third kappa shape index (κ3) is 2.72. The van der Waals surface area contributed by atoms with Crippen LogP contribution < -0.4 is 0 Å². The van der Waals surface area contributed by atoms with E-state index >= 15 is 0 Å². The average molecular weight is 282 g/mol. The lowest BCUT2D eigenvalue weighted by Crippen LogP contribution is -2.08. The van der Waals surface area contributed by atoms with Crippen LogP contribution in [0.4, 0.5) is 0 Å². The van der Waals surface area contributed by atoms with Crippen LogP contribution in [-0.2, 0) is 6.54 Å². The number of aliphatic hydroxyl groups excluding tert-OH is 1. The Bertz CT molecular complexity index is 290. The predicted molar refractivity (Wildman–Crippen MR) is 60.5 cm³/mol. The second-order valence-electron chi connectivity index (χ2n) is 3.04. The topological polar surface area (TPSA) is 38.0 Å². The fourth-order valence-corrected chi connectivity index (χ4v) is 2.08. The summed E-state index contributed by atoms with van der Waals surface area (Å²) >= 11 is 8.95. The van der Waals surface area contributed by atoms with Gasteiger partial charge < -0.3 is 5.11 Å². The van der Waals surface area contributed by atoms with Crippen LogP contribution in [0.1, 0.15) is 31.6 Å². The first-order chi connectivity index (χ1) is 6.70. The van der Waals surface area contributed by atoms with Crippen molar-refractivity contribution in [2.45, 2.75) is 32.4 Å². The summed E-state index contributed by atoms with van der Waals surface area (Å²) in [6.07, 6.45) is 2.71. The molecule has 3 nitrogen and oxygen atoms in total. The first-order valence-corrected chi connectivity index (χ1v) is 5.98. The molecule has 14 heavy (non-hydrogen) atoms. The van der Waals surface area contributed by atoms with E-state index in [1.807, 2.05) is 6.92 Å². The number of aryl methyl sites for hydroxylation is 1. The number of aromatic nitrogens is 2. The van der Waals surface area contributed by atoms with Gasteiger partial charge >= 0.3 is 0 Å². The number of aliphatic hydroxyl groups is 1. The predicted octanol–water partition coefficient (Wildman–Crippen LogP) is 2.72. The highest BCUT2D eigenvalue weighted by Gasteiger charge is 2.16. The van der Waals surface area contributed by atoms with Crippen LogP contribution in [0, 0.1) is 0 Å². The SMILES string of the molecule is CCn1ncc(Br)c1C(O)CCCCl. The van der Waals surface area contributed by atoms with Crippen LogP contribution in [0.5, 0.6) is 0 Å². The highest BCUT2D eigenvalue weighted by molar-refractivity contribution is 9.10. The molecule has 1 rings (SSSR count). The van der Waals surface area contributed by atoms with E-state index < -0.39 is 6.10 Å². The van der Waals surface area contributed by atoms with E-state index in [4.69, 9.17) is 11.6 Å². The van der Waals surface area contributed by atoms with Crippen molar-refractivity contribution in [2.75, 3.05) is 5.88 Å². The summed E-state index contributed by atoms with van der Waals surface area (Å²) in [7, 11) is 0. The number of alkyl halides is 1. The van der Waals surface area contributed by atoms with E-state index in [9.17, 15) is 5.11 Å². The standard InChI is InChI=1S/C9H14BrClN2O/c1-2-13-9(7(10)6-12-13)8(14)4-3-5-11/h6,8,14H,2-5H2,1H3. The second-order valence-corrected chi connectivity index (χ2v) is 4.27. The molecule has 1 atom stereocenters. The van der Waals surface area contributed by atoms with E-state index in [1.54, 1.807) is 10.9 Å². The van der Waals surface area contributed by atoms with Crippen LogP contribution in [0.25, 0.3) is 0 Å². The third-order valence-corrected chi connectivity index (χ3v) is 2.94. The maximum absolute atomic E-state index is 9.88. The molecule has 0 aliphatic heterocycles. The molecule has 1 aromatic rings. The molecule has 1 heterocycles. The summed E-state index contributed by atoms with van der Waals surface area (Å²) in [5, 5.41) is 14.0. The largest absolute Gasteiger partial charge is 0.387 e. The van der Waals surface area contributed by atoms with Crippen molar-refractivity contribution in [3.8, 4) is 0 Å². The summed E-state index contributed by atoms with van der Waals surface area (Å²) in [4.78, 5) is 0. The number of halogens is 2. The molecule has 0 saturated heterocycles. The van der Waals surface area contributed by atoms with Gasteiger partial charge in [0.05, 0.1) is 22.5 Å². The molecule has 0 aliphatic carbocycles. The van der Waals surface area contributed by atoms with Gasteiger partial charge in [-0.15, -0.1) is 11.6 Å². The lowest BCUT2D eigenvalue weighted by atomic mass is 10.1. The first-order valence-electron chi connectivity index (χ1n) is 4.66. The summed E-state index contributed by atoms with van der Waals surface area (Å²) in [5.41, 5.74) is 0.845. The Morgan fingerprint density at radius 3 is 3.00 bits per heavy atom. The summed E-state index contributed by atoms with van der Waals surface area (Å²) in [6, 6.07) is 0. The van der Waals surface area contributed by atoms with Gasteiger partial charge in [0, 0.05) is 12.4 Å². The molecule has 5 heteroatoms. The minimum atomic E-state index is -0.481. The molecule has 80 valence electrons. The number of nitrogens with zero attached hydrogens (tertiary/aromatic N) is 2. The zero-order valence-corrected chi connectivity index (χ0v) is 10.4. The molecule has 1 N–H and O–H groups in total. The molecule has 0 fully saturated rings.